The van der Waals surface area contributed by atoms with Gasteiger partial charge < -0.3 is 9.74 Å². The van der Waals surface area contributed by atoms with Crippen molar-refractivity contribution in [3.8, 4) is 0 Å². The van der Waals surface area contributed by atoms with Crippen LogP contribution in [0, 0.1) is 0 Å². The van der Waals surface area contributed by atoms with Crippen LogP contribution in [0.1, 0.15) is 34.1 Å². The summed E-state index contributed by atoms with van der Waals surface area (Å²) >= 11 is 0. The highest BCUT2D eigenvalue weighted by molar-refractivity contribution is 6.74. The van der Waals surface area contributed by atoms with Crippen LogP contribution in [0.15, 0.2) is 0 Å². The average molecular weight is 217 g/mol. The average Bonchev–Trinajstić information content (AvgIpc) is 1.97. The Kier molecular flexibility index (Phi) is 5.34. The van der Waals surface area contributed by atoms with E-state index in [0.29, 0.717) is 11.1 Å². The summed E-state index contributed by atoms with van der Waals surface area (Å²) in [4.78, 5) is 0. The van der Waals surface area contributed by atoms with Crippen LogP contribution in [0.4, 0.5) is 0 Å². The smallest absolute Gasteiger partial charge is 0.192 e. The molecule has 0 spiro atoms. The Labute approximate surface area is 90.6 Å². The van der Waals surface area contributed by atoms with E-state index < -0.39 is 8.32 Å². The Morgan fingerprint density at radius 3 is 2.14 bits per heavy atom. The van der Waals surface area contributed by atoms with Crippen molar-refractivity contribution in [1.82, 2.24) is 5.32 Å². The molecule has 0 radical (unpaired) electrons. The van der Waals surface area contributed by atoms with Gasteiger partial charge in [0.2, 0.25) is 0 Å². The molecule has 0 amide bonds. The molecular weight excluding hydrogens is 190 g/mol. The summed E-state index contributed by atoms with van der Waals surface area (Å²) in [5, 5.41) is 3.48. The lowest BCUT2D eigenvalue weighted by Gasteiger charge is -2.38. The third kappa shape index (κ3) is 4.58. The molecular formula is C11H27NOSi. The molecule has 0 fully saturated rings. The van der Waals surface area contributed by atoms with Gasteiger partial charge in [-0.25, -0.2) is 0 Å². The number of hydrogen-bond acceptors (Lipinski definition) is 2. The van der Waals surface area contributed by atoms with E-state index in [1.165, 1.54) is 0 Å². The SMILES string of the molecule is CNCCC(C)O[Si](C)(C)C(C)(C)C. The van der Waals surface area contributed by atoms with Crippen molar-refractivity contribution in [3.05, 3.63) is 0 Å². The molecule has 0 aromatic heterocycles. The van der Waals surface area contributed by atoms with E-state index in [-0.39, 0.29) is 0 Å². The monoisotopic (exact) mass is 217 g/mol. The van der Waals surface area contributed by atoms with Crippen molar-refractivity contribution in [2.75, 3.05) is 13.6 Å². The molecule has 0 aliphatic rings. The molecule has 86 valence electrons. The van der Waals surface area contributed by atoms with Crippen molar-refractivity contribution in [3.63, 3.8) is 0 Å². The molecule has 0 aromatic rings. The predicted octanol–water partition coefficient (Wildman–Crippen LogP) is 3.01. The summed E-state index contributed by atoms with van der Waals surface area (Å²) in [5.41, 5.74) is 0. The highest BCUT2D eigenvalue weighted by Crippen LogP contribution is 2.37. The number of hydrogen-bond donors (Lipinski definition) is 1. The summed E-state index contributed by atoms with van der Waals surface area (Å²) in [6.07, 6.45) is 1.48. The molecule has 0 aliphatic carbocycles. The Morgan fingerprint density at radius 1 is 1.29 bits per heavy atom. The fourth-order valence-corrected chi connectivity index (χ4v) is 2.56. The number of rotatable bonds is 5. The topological polar surface area (TPSA) is 21.3 Å². The Morgan fingerprint density at radius 2 is 1.79 bits per heavy atom. The van der Waals surface area contributed by atoms with Crippen molar-refractivity contribution >= 4 is 8.32 Å². The van der Waals surface area contributed by atoms with Gasteiger partial charge in [-0.1, -0.05) is 20.8 Å². The van der Waals surface area contributed by atoms with Crippen LogP contribution in [-0.2, 0) is 4.43 Å². The molecule has 0 saturated heterocycles. The van der Waals surface area contributed by atoms with Crippen LogP contribution in [0.25, 0.3) is 0 Å². The Hall–Kier alpha value is 0.137. The molecule has 0 rings (SSSR count). The lowest BCUT2D eigenvalue weighted by atomic mass is 10.2. The first-order chi connectivity index (χ1) is 6.20. The highest BCUT2D eigenvalue weighted by Gasteiger charge is 2.38. The third-order valence-corrected chi connectivity index (χ3v) is 7.71. The normalized spacial score (nSPS) is 15.6. The second-order valence-electron chi connectivity index (χ2n) is 5.58. The molecule has 0 aromatic carbocycles. The maximum Gasteiger partial charge on any atom is 0.192 e. The summed E-state index contributed by atoms with van der Waals surface area (Å²) in [7, 11) is 0.439. The molecule has 2 nitrogen and oxygen atoms in total. The summed E-state index contributed by atoms with van der Waals surface area (Å²) in [6, 6.07) is 0. The van der Waals surface area contributed by atoms with Crippen molar-refractivity contribution in [2.24, 2.45) is 0 Å². The van der Waals surface area contributed by atoms with Crippen LogP contribution >= 0.6 is 0 Å². The van der Waals surface area contributed by atoms with Crippen molar-refractivity contribution in [1.29, 1.82) is 0 Å². The predicted molar refractivity (Wildman–Crippen MR) is 66.3 cm³/mol. The van der Waals surface area contributed by atoms with E-state index in [4.69, 9.17) is 4.43 Å². The highest BCUT2D eigenvalue weighted by atomic mass is 28.4. The summed E-state index contributed by atoms with van der Waals surface area (Å²) < 4.78 is 6.20. The lowest BCUT2D eigenvalue weighted by Crippen LogP contribution is -2.43. The molecule has 0 heterocycles. The van der Waals surface area contributed by atoms with Gasteiger partial charge >= 0.3 is 0 Å². The third-order valence-electron chi connectivity index (χ3n) is 3.10. The first-order valence-electron chi connectivity index (χ1n) is 5.53. The summed E-state index contributed by atoms with van der Waals surface area (Å²) in [5.74, 6) is 0. The minimum Gasteiger partial charge on any atom is -0.414 e. The van der Waals surface area contributed by atoms with E-state index in [0.717, 1.165) is 13.0 Å². The maximum absolute atomic E-state index is 6.20. The second-order valence-corrected chi connectivity index (χ2v) is 10.3. The summed E-state index contributed by atoms with van der Waals surface area (Å²) in [6.45, 7) is 14.7. The van der Waals surface area contributed by atoms with Gasteiger partial charge in [-0.3, -0.25) is 0 Å². The van der Waals surface area contributed by atoms with E-state index in [2.05, 4.69) is 46.1 Å². The largest absolute Gasteiger partial charge is 0.414 e. The Balaban J connectivity index is 4.08. The van der Waals surface area contributed by atoms with Crippen LogP contribution in [-0.4, -0.2) is 28.0 Å². The fourth-order valence-electron chi connectivity index (χ4n) is 1.09. The molecule has 0 aliphatic heterocycles. The zero-order chi connectivity index (χ0) is 11.4. The van der Waals surface area contributed by atoms with Gasteiger partial charge in [0.1, 0.15) is 0 Å². The second kappa shape index (κ2) is 5.28. The molecule has 3 heteroatoms. The van der Waals surface area contributed by atoms with Gasteiger partial charge in [0.25, 0.3) is 0 Å². The zero-order valence-corrected chi connectivity index (χ0v) is 11.9. The zero-order valence-electron chi connectivity index (χ0n) is 10.9. The molecule has 14 heavy (non-hydrogen) atoms. The van der Waals surface area contributed by atoms with E-state index in [1.54, 1.807) is 0 Å². The minimum absolute atomic E-state index is 0.320. The number of nitrogens with one attached hydrogen (secondary N) is 1. The van der Waals surface area contributed by atoms with Gasteiger partial charge in [0.15, 0.2) is 8.32 Å². The fraction of sp³-hybridized carbons (Fsp3) is 1.00. The molecule has 1 unspecified atom stereocenters. The van der Waals surface area contributed by atoms with E-state index >= 15 is 0 Å². The van der Waals surface area contributed by atoms with Gasteiger partial charge in [0, 0.05) is 6.10 Å². The molecule has 1 atom stereocenters. The first kappa shape index (κ1) is 14.1. The van der Waals surface area contributed by atoms with Crippen molar-refractivity contribution in [2.45, 2.75) is 58.4 Å². The minimum atomic E-state index is -1.55. The van der Waals surface area contributed by atoms with Crippen LogP contribution in [0.3, 0.4) is 0 Å². The van der Waals surface area contributed by atoms with Crippen molar-refractivity contribution < 1.29 is 4.43 Å². The van der Waals surface area contributed by atoms with E-state index in [9.17, 15) is 0 Å². The van der Waals surface area contributed by atoms with Gasteiger partial charge in [-0.05, 0) is 45.1 Å². The Bertz CT molecular complexity index is 163. The molecule has 1 N–H and O–H groups in total. The first-order valence-corrected chi connectivity index (χ1v) is 8.44. The molecule has 0 bridgehead atoms. The van der Waals surface area contributed by atoms with Gasteiger partial charge in [-0.2, -0.15) is 0 Å². The van der Waals surface area contributed by atoms with Crippen LogP contribution < -0.4 is 5.32 Å². The quantitative estimate of drug-likeness (QED) is 0.715. The lowest BCUT2D eigenvalue weighted by molar-refractivity contribution is 0.189. The van der Waals surface area contributed by atoms with E-state index in [1.807, 2.05) is 7.05 Å². The van der Waals surface area contributed by atoms with Gasteiger partial charge in [-0.15, -0.1) is 0 Å². The van der Waals surface area contributed by atoms with Crippen LogP contribution in [0.2, 0.25) is 18.1 Å². The molecule has 0 saturated carbocycles. The maximum atomic E-state index is 6.20. The van der Waals surface area contributed by atoms with Gasteiger partial charge in [0.05, 0.1) is 0 Å². The van der Waals surface area contributed by atoms with Crippen LogP contribution in [0.5, 0.6) is 0 Å². The standard InChI is InChI=1S/C11H27NOSi/c1-10(8-9-12-5)13-14(6,7)11(2,3)4/h10,12H,8-9H2,1-7H3.